The number of anilines is 1. The summed E-state index contributed by atoms with van der Waals surface area (Å²) in [6.45, 7) is -0.761. The van der Waals surface area contributed by atoms with Gasteiger partial charge >= 0.3 is 7.82 Å². The van der Waals surface area contributed by atoms with E-state index in [1.54, 1.807) is 0 Å². The van der Waals surface area contributed by atoms with Gasteiger partial charge in [0, 0.05) is 19.1 Å². The summed E-state index contributed by atoms with van der Waals surface area (Å²) in [6, 6.07) is -1.32. The summed E-state index contributed by atoms with van der Waals surface area (Å²) in [6.07, 6.45) is -1.76. The van der Waals surface area contributed by atoms with Gasteiger partial charge in [-0.3, -0.25) is 23.4 Å². The molecule has 5 atom stereocenters. The number of rotatable bonds is 7. The molecule has 0 bridgehead atoms. The van der Waals surface area contributed by atoms with Crippen LogP contribution in [0.3, 0.4) is 0 Å². The van der Waals surface area contributed by atoms with E-state index in [-0.39, 0.29) is 17.1 Å². The van der Waals surface area contributed by atoms with Crippen LogP contribution in [0.4, 0.5) is 5.95 Å². The number of hydrogen-bond acceptors (Lipinski definition) is 11. The molecule has 3 heterocycles. The van der Waals surface area contributed by atoms with Crippen molar-refractivity contribution in [3.05, 3.63) is 27.1 Å². The molecule has 0 saturated carbocycles. The lowest BCUT2D eigenvalue weighted by Crippen LogP contribution is -2.48. The fourth-order valence-corrected chi connectivity index (χ4v) is 3.31. The first-order chi connectivity index (χ1) is 13.7. The van der Waals surface area contributed by atoms with Gasteiger partial charge in [-0.05, 0) is 5.53 Å². The van der Waals surface area contributed by atoms with Gasteiger partial charge in [-0.1, -0.05) is 5.11 Å². The predicted molar refractivity (Wildman–Crippen MR) is 94.2 cm³/mol. The molecule has 29 heavy (non-hydrogen) atoms. The zero-order valence-corrected chi connectivity index (χ0v) is 16.0. The van der Waals surface area contributed by atoms with Gasteiger partial charge in [0.05, 0.1) is 6.33 Å². The lowest BCUT2D eigenvalue weighted by atomic mass is 10.1. The van der Waals surface area contributed by atoms with Crippen molar-refractivity contribution in [1.29, 1.82) is 0 Å². The van der Waals surface area contributed by atoms with Crippen molar-refractivity contribution in [3.63, 3.8) is 0 Å². The fourth-order valence-electron chi connectivity index (χ4n) is 2.86. The van der Waals surface area contributed by atoms with Crippen molar-refractivity contribution in [2.75, 3.05) is 26.6 Å². The number of nitrogens with two attached hydrogens (primary N) is 1. The van der Waals surface area contributed by atoms with Gasteiger partial charge in [0.25, 0.3) is 5.56 Å². The van der Waals surface area contributed by atoms with Crippen LogP contribution in [0.2, 0.25) is 0 Å². The molecule has 1 fully saturated rings. The summed E-state index contributed by atoms with van der Waals surface area (Å²) >= 11 is 0. The number of phosphoric ester groups is 1. The van der Waals surface area contributed by atoms with Crippen LogP contribution >= 0.6 is 7.82 Å². The smallest absolute Gasteiger partial charge is 0.387 e. The molecule has 0 radical (unpaired) electrons. The van der Waals surface area contributed by atoms with E-state index in [2.05, 4.69) is 29.5 Å². The molecule has 0 aliphatic carbocycles. The Bertz CT molecular complexity index is 1070. The van der Waals surface area contributed by atoms with Crippen LogP contribution in [0, 0.1) is 0 Å². The molecule has 17 heteroatoms. The number of aliphatic hydroxyl groups excluding tert-OH is 1. The predicted octanol–water partition coefficient (Wildman–Crippen LogP) is -0.624. The molecule has 5 N–H and O–H groups in total. The average molecular weight is 432 g/mol. The highest BCUT2D eigenvalue weighted by Crippen LogP contribution is 2.47. The number of fused-ring (bicyclic) bond motifs is 1. The van der Waals surface area contributed by atoms with Crippen molar-refractivity contribution in [1.82, 2.24) is 19.5 Å². The van der Waals surface area contributed by atoms with Crippen molar-refractivity contribution in [2.45, 2.75) is 24.2 Å². The van der Waals surface area contributed by atoms with E-state index in [0.29, 0.717) is 0 Å². The molecule has 158 valence electrons. The number of aromatic amines is 1. The summed E-state index contributed by atoms with van der Waals surface area (Å²) < 4.78 is 32.9. The Morgan fingerprint density at radius 3 is 2.93 bits per heavy atom. The van der Waals surface area contributed by atoms with Gasteiger partial charge < -0.3 is 25.2 Å². The zero-order valence-electron chi connectivity index (χ0n) is 15.1. The number of aliphatic hydroxyl groups is 1. The molecule has 1 aliphatic heterocycles. The number of hydrogen-bond donors (Lipinski definition) is 4. The third-order valence-electron chi connectivity index (χ3n) is 4.30. The molecule has 16 nitrogen and oxygen atoms in total. The maximum Gasteiger partial charge on any atom is 0.472 e. The standard InChI is InChI=1S/C12H17N8O8P/c1-25-12(3-27-29(23,24)26-2)7(21)5(18-19-14)10(28-12)20-4-15-6-8(20)16-11(13)17-9(6)22/h4-5,7,10,21H,3H2,1-2H3,(H,23,24)(H3,13,16,17,22)/t5-,7-,10+,12+/m0/s1. The van der Waals surface area contributed by atoms with Gasteiger partial charge in [0.2, 0.25) is 11.7 Å². The van der Waals surface area contributed by atoms with E-state index >= 15 is 0 Å². The molecule has 2 aromatic heterocycles. The van der Waals surface area contributed by atoms with Crippen LogP contribution in [0.15, 0.2) is 16.2 Å². The number of H-pyrrole nitrogens is 1. The first-order valence-corrected chi connectivity index (χ1v) is 9.38. The summed E-state index contributed by atoms with van der Waals surface area (Å²) in [7, 11) is -2.35. The lowest BCUT2D eigenvalue weighted by Gasteiger charge is -2.30. The van der Waals surface area contributed by atoms with Crippen molar-refractivity contribution in [3.8, 4) is 0 Å². The number of nitrogens with zero attached hydrogens (tertiary/aromatic N) is 6. The number of nitrogen functional groups attached to an aromatic ring is 1. The number of imidazole rings is 1. The minimum atomic E-state index is -4.44. The topological polar surface area (TPSA) is 233 Å². The highest BCUT2D eigenvalue weighted by Gasteiger charge is 2.57. The zero-order chi connectivity index (χ0) is 21.4. The molecular weight excluding hydrogens is 415 g/mol. The number of ether oxygens (including phenoxy) is 2. The quantitative estimate of drug-likeness (QED) is 0.186. The average Bonchev–Trinajstić information content (AvgIpc) is 3.21. The Morgan fingerprint density at radius 2 is 2.31 bits per heavy atom. The van der Waals surface area contributed by atoms with E-state index < -0.39 is 44.1 Å². The van der Waals surface area contributed by atoms with Crippen LogP contribution < -0.4 is 11.3 Å². The highest BCUT2D eigenvalue weighted by atomic mass is 31.2. The second kappa shape index (κ2) is 7.70. The normalized spacial score (nSPS) is 28.9. The van der Waals surface area contributed by atoms with Gasteiger partial charge in [0.15, 0.2) is 17.4 Å². The summed E-state index contributed by atoms with van der Waals surface area (Å²) in [5.41, 5.74) is 13.8. The number of nitrogens with one attached hydrogen (secondary N) is 1. The Morgan fingerprint density at radius 1 is 1.59 bits per heavy atom. The molecule has 1 saturated heterocycles. The van der Waals surface area contributed by atoms with E-state index in [1.165, 1.54) is 10.9 Å². The number of azide groups is 1. The first kappa shape index (κ1) is 21.2. The van der Waals surface area contributed by atoms with Crippen LogP contribution in [0.25, 0.3) is 21.6 Å². The van der Waals surface area contributed by atoms with E-state index in [1.807, 2.05) is 0 Å². The third-order valence-corrected chi connectivity index (χ3v) is 5.22. The number of aromatic nitrogens is 4. The summed E-state index contributed by atoms with van der Waals surface area (Å²) in [5, 5.41) is 14.2. The molecule has 2 aromatic rings. The molecule has 0 aromatic carbocycles. The second-order valence-electron chi connectivity index (χ2n) is 5.86. The van der Waals surface area contributed by atoms with E-state index in [4.69, 9.17) is 25.3 Å². The second-order valence-corrected chi connectivity index (χ2v) is 7.42. The number of phosphoric acid groups is 1. The SMILES string of the molecule is CO[C@]1(COP(=O)(O)OC)O[C@@H](n2cnc3c(=O)[nH]c(N)nc32)[C@@H](N=[N+]=[N-])[C@@H]1O. The minimum Gasteiger partial charge on any atom is -0.387 e. The van der Waals surface area contributed by atoms with Crippen LogP contribution in [-0.2, 0) is 23.1 Å². The maximum atomic E-state index is 12.0. The van der Waals surface area contributed by atoms with E-state index in [9.17, 15) is 19.4 Å². The molecular formula is C12H17N8O8P. The largest absolute Gasteiger partial charge is 0.472 e. The summed E-state index contributed by atoms with van der Waals surface area (Å²) in [5.74, 6) is -2.23. The van der Waals surface area contributed by atoms with Crippen molar-refractivity contribution >= 4 is 24.9 Å². The van der Waals surface area contributed by atoms with Crippen molar-refractivity contribution < 1.29 is 33.1 Å². The van der Waals surface area contributed by atoms with Gasteiger partial charge in [-0.25, -0.2) is 9.55 Å². The first-order valence-electron chi connectivity index (χ1n) is 7.88. The molecule has 0 amide bonds. The fraction of sp³-hybridized carbons (Fsp3) is 0.583. The molecule has 1 aliphatic rings. The highest BCUT2D eigenvalue weighted by molar-refractivity contribution is 7.47. The van der Waals surface area contributed by atoms with Gasteiger partial charge in [0.1, 0.15) is 18.8 Å². The van der Waals surface area contributed by atoms with E-state index in [0.717, 1.165) is 14.2 Å². The van der Waals surface area contributed by atoms with Crippen LogP contribution in [0.1, 0.15) is 6.23 Å². The van der Waals surface area contributed by atoms with Crippen LogP contribution in [0.5, 0.6) is 0 Å². The minimum absolute atomic E-state index is 0.0147. The van der Waals surface area contributed by atoms with Gasteiger partial charge in [-0.15, -0.1) is 0 Å². The van der Waals surface area contributed by atoms with Crippen molar-refractivity contribution in [2.24, 2.45) is 5.11 Å². The van der Waals surface area contributed by atoms with Crippen LogP contribution in [-0.4, -0.2) is 68.3 Å². The maximum absolute atomic E-state index is 12.0. The monoisotopic (exact) mass is 432 g/mol. The Hall–Kier alpha value is -2.55. The lowest BCUT2D eigenvalue weighted by molar-refractivity contribution is -0.267. The number of methoxy groups -OCH3 is 1. The summed E-state index contributed by atoms with van der Waals surface area (Å²) in [4.78, 5) is 34.3. The molecule has 1 unspecified atom stereocenters. The Balaban J connectivity index is 2.06. The third kappa shape index (κ3) is 3.71. The Kier molecular flexibility index (Phi) is 5.62. The Labute approximate surface area is 161 Å². The van der Waals surface area contributed by atoms with Gasteiger partial charge in [-0.2, -0.15) is 4.98 Å². The molecule has 0 spiro atoms. The molecule has 3 rings (SSSR count).